The van der Waals surface area contributed by atoms with E-state index in [1.165, 1.54) is 0 Å². The van der Waals surface area contributed by atoms with E-state index < -0.39 is 0 Å². The summed E-state index contributed by atoms with van der Waals surface area (Å²) >= 11 is 0. The zero-order valence-corrected chi connectivity index (χ0v) is 11.6. The number of rotatable bonds is 6. The number of ether oxygens (including phenoxy) is 1. The maximum Gasteiger partial charge on any atom is 0.220 e. The first-order valence-corrected chi connectivity index (χ1v) is 6.89. The molecular weight excluding hydrogens is 244 g/mol. The topological polar surface area (TPSA) is 69.0 Å². The quantitative estimate of drug-likeness (QED) is 0.832. The molecule has 6 nitrogen and oxygen atoms in total. The Morgan fingerprint density at radius 3 is 3.16 bits per heavy atom. The first-order valence-electron chi connectivity index (χ1n) is 6.89. The van der Waals surface area contributed by atoms with Gasteiger partial charge in [0.15, 0.2) is 0 Å². The molecule has 2 rings (SSSR count). The number of aromatic nitrogens is 3. The van der Waals surface area contributed by atoms with Crippen molar-refractivity contribution in [1.29, 1.82) is 0 Å². The molecule has 0 radical (unpaired) electrons. The van der Waals surface area contributed by atoms with Gasteiger partial charge < -0.3 is 14.6 Å². The Labute approximate surface area is 113 Å². The van der Waals surface area contributed by atoms with E-state index >= 15 is 0 Å². The van der Waals surface area contributed by atoms with E-state index in [9.17, 15) is 4.79 Å². The molecule has 1 aromatic heterocycles. The number of amides is 1. The average Bonchev–Trinajstić information content (AvgIpc) is 2.99. The summed E-state index contributed by atoms with van der Waals surface area (Å²) in [5.74, 6) is 1.41. The lowest BCUT2D eigenvalue weighted by atomic mass is 10.1. The van der Waals surface area contributed by atoms with Crippen LogP contribution in [0.3, 0.4) is 0 Å². The van der Waals surface area contributed by atoms with Gasteiger partial charge in [0.05, 0.1) is 0 Å². The van der Waals surface area contributed by atoms with Gasteiger partial charge in [-0.25, -0.2) is 0 Å². The minimum Gasteiger partial charge on any atom is -0.381 e. The van der Waals surface area contributed by atoms with E-state index in [0.29, 0.717) is 31.3 Å². The molecule has 0 unspecified atom stereocenters. The summed E-state index contributed by atoms with van der Waals surface area (Å²) in [7, 11) is 0. The van der Waals surface area contributed by atoms with Crippen molar-refractivity contribution in [3.05, 3.63) is 12.2 Å². The molecule has 2 heterocycles. The first-order chi connectivity index (χ1) is 9.16. The minimum atomic E-state index is 0.103. The first kappa shape index (κ1) is 14.0. The van der Waals surface area contributed by atoms with Crippen molar-refractivity contribution in [2.75, 3.05) is 19.8 Å². The zero-order valence-electron chi connectivity index (χ0n) is 11.6. The van der Waals surface area contributed by atoms with Crippen LogP contribution in [0.25, 0.3) is 0 Å². The van der Waals surface area contributed by atoms with Crippen molar-refractivity contribution in [2.24, 2.45) is 5.92 Å². The van der Waals surface area contributed by atoms with E-state index in [1.807, 2.05) is 4.57 Å². The monoisotopic (exact) mass is 266 g/mol. The highest BCUT2D eigenvalue weighted by molar-refractivity contribution is 5.76. The number of carbonyl (C=O) groups is 1. The van der Waals surface area contributed by atoms with Crippen LogP contribution in [-0.4, -0.2) is 40.4 Å². The maximum atomic E-state index is 11.7. The molecule has 1 amide bonds. The van der Waals surface area contributed by atoms with E-state index in [1.54, 1.807) is 6.33 Å². The fraction of sp³-hybridized carbons (Fsp3) is 0.769. The third-order valence-electron chi connectivity index (χ3n) is 3.37. The van der Waals surface area contributed by atoms with Crippen molar-refractivity contribution >= 4 is 5.91 Å². The minimum absolute atomic E-state index is 0.103. The number of nitrogens with zero attached hydrogens (tertiary/aromatic N) is 3. The number of hydrogen-bond donors (Lipinski definition) is 1. The maximum absolute atomic E-state index is 11.7. The second-order valence-electron chi connectivity index (χ2n) is 5.28. The summed E-state index contributed by atoms with van der Waals surface area (Å²) in [5, 5.41) is 10.9. The molecule has 0 bridgehead atoms. The van der Waals surface area contributed by atoms with Crippen LogP contribution in [0.1, 0.15) is 38.6 Å². The molecular formula is C13H22N4O2. The second-order valence-corrected chi connectivity index (χ2v) is 5.28. The summed E-state index contributed by atoms with van der Waals surface area (Å²) in [4.78, 5) is 11.7. The Bertz CT molecular complexity index is 411. The van der Waals surface area contributed by atoms with Crippen LogP contribution in [0.5, 0.6) is 0 Å². The highest BCUT2D eigenvalue weighted by Gasteiger charge is 2.18. The molecule has 0 saturated carbocycles. The molecule has 106 valence electrons. The van der Waals surface area contributed by atoms with Gasteiger partial charge in [0, 0.05) is 38.6 Å². The third-order valence-corrected chi connectivity index (χ3v) is 3.37. The zero-order chi connectivity index (χ0) is 13.7. The molecule has 1 saturated heterocycles. The van der Waals surface area contributed by atoms with Gasteiger partial charge in [0.2, 0.25) is 5.91 Å². The van der Waals surface area contributed by atoms with E-state index in [4.69, 9.17) is 4.74 Å². The molecule has 1 fully saturated rings. The Balaban J connectivity index is 1.70. The van der Waals surface area contributed by atoms with Gasteiger partial charge >= 0.3 is 0 Å². The largest absolute Gasteiger partial charge is 0.381 e. The van der Waals surface area contributed by atoms with Gasteiger partial charge in [-0.1, -0.05) is 0 Å². The van der Waals surface area contributed by atoms with Crippen LogP contribution in [0.15, 0.2) is 6.33 Å². The molecule has 1 aliphatic rings. The van der Waals surface area contributed by atoms with Crippen LogP contribution < -0.4 is 5.32 Å². The summed E-state index contributed by atoms with van der Waals surface area (Å²) in [5.41, 5.74) is 0. The second kappa shape index (κ2) is 6.65. The van der Waals surface area contributed by atoms with E-state index in [0.717, 1.165) is 25.5 Å². The molecule has 1 aromatic rings. The van der Waals surface area contributed by atoms with Gasteiger partial charge in [-0.2, -0.15) is 0 Å². The fourth-order valence-corrected chi connectivity index (χ4v) is 2.27. The highest BCUT2D eigenvalue weighted by atomic mass is 16.5. The lowest BCUT2D eigenvalue weighted by Crippen LogP contribution is -2.28. The van der Waals surface area contributed by atoms with Crippen molar-refractivity contribution < 1.29 is 9.53 Å². The van der Waals surface area contributed by atoms with Crippen LogP contribution in [-0.2, 0) is 16.0 Å². The Hall–Kier alpha value is -1.43. The van der Waals surface area contributed by atoms with Gasteiger partial charge in [-0.15, -0.1) is 10.2 Å². The third kappa shape index (κ3) is 4.02. The lowest BCUT2D eigenvalue weighted by Gasteiger charge is -2.11. The van der Waals surface area contributed by atoms with Crippen LogP contribution in [0, 0.1) is 5.92 Å². The van der Waals surface area contributed by atoms with Gasteiger partial charge in [-0.3, -0.25) is 4.79 Å². The van der Waals surface area contributed by atoms with Crippen molar-refractivity contribution in [2.45, 2.75) is 39.2 Å². The normalized spacial score (nSPS) is 19.0. The van der Waals surface area contributed by atoms with Crippen LogP contribution in [0.4, 0.5) is 0 Å². The molecule has 0 aromatic carbocycles. The predicted octanol–water partition coefficient (Wildman–Crippen LogP) is 0.944. The summed E-state index contributed by atoms with van der Waals surface area (Å²) < 4.78 is 7.29. The summed E-state index contributed by atoms with van der Waals surface area (Å²) in [6.45, 7) is 6.29. The van der Waals surface area contributed by atoms with Crippen LogP contribution in [0.2, 0.25) is 0 Å². The highest BCUT2D eigenvalue weighted by Crippen LogP contribution is 2.15. The van der Waals surface area contributed by atoms with Crippen molar-refractivity contribution in [3.63, 3.8) is 0 Å². The molecule has 0 aliphatic carbocycles. The van der Waals surface area contributed by atoms with Gasteiger partial charge in [0.25, 0.3) is 0 Å². The SMILES string of the molecule is CC(C)n1cnnc1CCNC(=O)C[C@H]1CCOC1. The van der Waals surface area contributed by atoms with E-state index in [-0.39, 0.29) is 5.91 Å². The predicted molar refractivity (Wildman–Crippen MR) is 70.7 cm³/mol. The lowest BCUT2D eigenvalue weighted by molar-refractivity contribution is -0.122. The van der Waals surface area contributed by atoms with Crippen molar-refractivity contribution in [3.8, 4) is 0 Å². The van der Waals surface area contributed by atoms with Gasteiger partial charge in [0.1, 0.15) is 12.2 Å². The number of carbonyl (C=O) groups excluding carboxylic acids is 1. The molecule has 1 atom stereocenters. The number of nitrogens with one attached hydrogen (secondary N) is 1. The molecule has 0 spiro atoms. The Kier molecular flexibility index (Phi) is 4.90. The van der Waals surface area contributed by atoms with Crippen LogP contribution >= 0.6 is 0 Å². The Morgan fingerprint density at radius 1 is 1.63 bits per heavy atom. The summed E-state index contributed by atoms with van der Waals surface area (Å²) in [6, 6.07) is 0.344. The average molecular weight is 266 g/mol. The van der Waals surface area contributed by atoms with Crippen molar-refractivity contribution in [1.82, 2.24) is 20.1 Å². The van der Waals surface area contributed by atoms with E-state index in [2.05, 4.69) is 29.4 Å². The standard InChI is InChI=1S/C13H22N4O2/c1-10(2)17-9-15-16-12(17)3-5-14-13(18)7-11-4-6-19-8-11/h9-11H,3-8H2,1-2H3,(H,14,18)/t11-/m1/s1. The Morgan fingerprint density at radius 2 is 2.47 bits per heavy atom. The molecule has 19 heavy (non-hydrogen) atoms. The molecule has 1 N–H and O–H groups in total. The number of hydrogen-bond acceptors (Lipinski definition) is 4. The summed E-state index contributed by atoms with van der Waals surface area (Å²) in [6.07, 6.45) is 4.01. The molecule has 1 aliphatic heterocycles. The van der Waals surface area contributed by atoms with Gasteiger partial charge in [-0.05, 0) is 26.2 Å². The molecule has 6 heteroatoms. The fourth-order valence-electron chi connectivity index (χ4n) is 2.27. The smallest absolute Gasteiger partial charge is 0.220 e.